The summed E-state index contributed by atoms with van der Waals surface area (Å²) in [4.78, 5) is 36.8. The molecule has 5 atom stereocenters. The second-order valence-corrected chi connectivity index (χ2v) is 10.9. The van der Waals surface area contributed by atoms with E-state index >= 15 is 0 Å². The number of hydrogen-bond acceptors (Lipinski definition) is 15. The summed E-state index contributed by atoms with van der Waals surface area (Å²) >= 11 is 6.16. The lowest BCUT2D eigenvalue weighted by molar-refractivity contribution is -0.383. The largest absolute Gasteiger partial charge is 0.394 e. The van der Waals surface area contributed by atoms with Crippen LogP contribution >= 0.6 is 11.6 Å². The van der Waals surface area contributed by atoms with E-state index in [-0.39, 0.29) is 62.6 Å². The number of aliphatic hydroxyl groups is 4. The van der Waals surface area contributed by atoms with Crippen molar-refractivity contribution in [1.29, 1.82) is 0 Å². The van der Waals surface area contributed by atoms with E-state index in [1.165, 1.54) is 6.07 Å². The van der Waals surface area contributed by atoms with Crippen molar-refractivity contribution in [2.45, 2.75) is 30.6 Å². The van der Waals surface area contributed by atoms with Crippen LogP contribution in [0.5, 0.6) is 0 Å². The van der Waals surface area contributed by atoms with Crippen molar-refractivity contribution in [2.24, 2.45) is 11.6 Å². The van der Waals surface area contributed by atoms with E-state index in [1.807, 2.05) is 0 Å². The minimum atomic E-state index is -1.61. The number of nitro benzene ring substituents is 1. The van der Waals surface area contributed by atoms with Crippen molar-refractivity contribution in [3.63, 3.8) is 0 Å². The molecule has 2 aromatic carbocycles. The van der Waals surface area contributed by atoms with Crippen LogP contribution in [0.4, 0.5) is 23.1 Å². The van der Waals surface area contributed by atoms with E-state index in [9.17, 15) is 35.3 Å². The van der Waals surface area contributed by atoms with Crippen molar-refractivity contribution < 1.29 is 34.9 Å². The summed E-state index contributed by atoms with van der Waals surface area (Å²) in [6.45, 7) is -0.906. The van der Waals surface area contributed by atoms with Gasteiger partial charge < -0.3 is 47.4 Å². The molecule has 1 saturated heterocycles. The number of amides is 1. The number of ether oxygens (including phenoxy) is 1. The quantitative estimate of drug-likeness (QED) is 0.0450. The number of aromatic nitrogens is 4. The highest BCUT2D eigenvalue weighted by Gasteiger charge is 2.45. The Kier molecular flexibility index (Phi) is 7.94. The molecule has 18 nitrogen and oxygen atoms in total. The number of nitrogen functional groups attached to an aromatic ring is 2. The molecule has 0 saturated carbocycles. The molecule has 0 bridgehead atoms. The number of hydrazine groups is 1. The number of nitrogens with zero attached hydrogens (tertiary/aromatic N) is 5. The zero-order valence-electron chi connectivity index (χ0n) is 23.5. The van der Waals surface area contributed by atoms with Crippen molar-refractivity contribution in [3.05, 3.63) is 62.9 Å². The number of halogens is 1. The van der Waals surface area contributed by atoms with Crippen molar-refractivity contribution in [3.8, 4) is 0 Å². The molecule has 46 heavy (non-hydrogen) atoms. The Hall–Kier alpha value is -4.95. The van der Waals surface area contributed by atoms with Crippen molar-refractivity contribution >= 4 is 73.4 Å². The van der Waals surface area contributed by atoms with Gasteiger partial charge in [-0.1, -0.05) is 35.9 Å². The van der Waals surface area contributed by atoms with Gasteiger partial charge in [0.1, 0.15) is 41.9 Å². The summed E-state index contributed by atoms with van der Waals surface area (Å²) in [7, 11) is 0. The van der Waals surface area contributed by atoms with Crippen LogP contribution in [0, 0.1) is 10.1 Å². The molecule has 0 radical (unpaired) electrons. The maximum atomic E-state index is 12.5. The standard InChI is InChI=1S/C27H27ClN10O8/c28-9-5-12-10-3-1-2-4-11(10)23(33-18(12)13(6-9)38(44)45)32-7-14(40)24-34-21(29)16-17(22(30)43)26(36-31)37(25(16)35-24)27-20(42)19(41)15(8-39)46-27/h1-6,14-15,19-20,27,36,39-42H,7-8,31H2,(H2,30,43)(H,32,33)(H2,29,34,35). The zero-order valence-corrected chi connectivity index (χ0v) is 24.3. The SMILES string of the molecule is NNc1c(C(N)=O)c2c(N)nc(C(O)CNc3nc4c([N+](=O)[O-])cc(Cl)cc4c4ccccc34)nc2n1C1OC(CO)C(O)C1O. The van der Waals surface area contributed by atoms with Gasteiger partial charge in [-0.2, -0.15) is 0 Å². The Labute approximate surface area is 262 Å². The second-order valence-electron chi connectivity index (χ2n) is 10.5. The maximum absolute atomic E-state index is 12.5. The Morgan fingerprint density at radius 1 is 1.15 bits per heavy atom. The Morgan fingerprint density at radius 2 is 1.87 bits per heavy atom. The first-order chi connectivity index (χ1) is 22.0. The molecule has 240 valence electrons. The number of carbonyl (C=O) groups is 1. The number of primary amides is 1. The van der Waals surface area contributed by atoms with Gasteiger partial charge in [0.2, 0.25) is 0 Å². The van der Waals surface area contributed by atoms with E-state index in [0.29, 0.717) is 16.2 Å². The number of nitro groups is 1. The number of carbonyl (C=O) groups excluding carboxylic acids is 1. The van der Waals surface area contributed by atoms with Crippen LogP contribution in [0.25, 0.3) is 32.7 Å². The van der Waals surface area contributed by atoms with Crippen LogP contribution in [0.2, 0.25) is 5.02 Å². The molecular formula is C27H27ClN10O8. The molecule has 1 amide bonds. The third-order valence-electron chi connectivity index (χ3n) is 7.75. The zero-order chi connectivity index (χ0) is 33.0. The summed E-state index contributed by atoms with van der Waals surface area (Å²) in [5.41, 5.74) is 13.5. The van der Waals surface area contributed by atoms with Gasteiger partial charge in [0.25, 0.3) is 11.6 Å². The van der Waals surface area contributed by atoms with Crippen LogP contribution in [-0.4, -0.2) is 82.2 Å². The predicted octanol–water partition coefficient (Wildman–Crippen LogP) is 0.418. The van der Waals surface area contributed by atoms with E-state index in [2.05, 4.69) is 25.7 Å². The van der Waals surface area contributed by atoms with Crippen LogP contribution in [0.1, 0.15) is 28.5 Å². The molecule has 12 N–H and O–H groups in total. The van der Waals surface area contributed by atoms with Crippen LogP contribution < -0.4 is 28.1 Å². The highest BCUT2D eigenvalue weighted by molar-refractivity contribution is 6.32. The number of rotatable bonds is 9. The van der Waals surface area contributed by atoms with Gasteiger partial charge in [0.15, 0.2) is 23.2 Å². The van der Waals surface area contributed by atoms with E-state index < -0.39 is 48.1 Å². The molecule has 0 spiro atoms. The fourth-order valence-electron chi connectivity index (χ4n) is 5.68. The lowest BCUT2D eigenvalue weighted by Crippen LogP contribution is -2.33. The first-order valence-corrected chi connectivity index (χ1v) is 14.0. The van der Waals surface area contributed by atoms with Gasteiger partial charge in [-0.05, 0) is 11.5 Å². The third-order valence-corrected chi connectivity index (χ3v) is 7.97. The summed E-state index contributed by atoms with van der Waals surface area (Å²) in [6, 6.07) is 9.78. The number of pyridine rings is 1. The molecule has 3 aromatic heterocycles. The summed E-state index contributed by atoms with van der Waals surface area (Å²) in [5, 5.41) is 58.5. The number of non-ortho nitro benzene ring substituents is 1. The molecule has 1 aliphatic rings. The Balaban J connectivity index is 1.43. The fraction of sp³-hybridized carbons (Fsp3) is 0.259. The number of nitrogens with two attached hydrogens (primary N) is 3. The maximum Gasteiger partial charge on any atom is 0.297 e. The van der Waals surface area contributed by atoms with E-state index in [0.717, 1.165) is 4.57 Å². The predicted molar refractivity (Wildman–Crippen MR) is 166 cm³/mol. The van der Waals surface area contributed by atoms with Crippen LogP contribution in [0.15, 0.2) is 36.4 Å². The topological polar surface area (TPSA) is 296 Å². The molecule has 0 aliphatic carbocycles. The Morgan fingerprint density at radius 3 is 2.50 bits per heavy atom. The highest BCUT2D eigenvalue weighted by atomic mass is 35.5. The molecule has 19 heteroatoms. The normalized spacial score (nSPS) is 20.4. The molecule has 4 heterocycles. The van der Waals surface area contributed by atoms with Crippen LogP contribution in [0.3, 0.4) is 0 Å². The molecule has 5 unspecified atom stereocenters. The lowest BCUT2D eigenvalue weighted by atomic mass is 10.0. The number of hydrogen-bond donors (Lipinski definition) is 9. The highest BCUT2D eigenvalue weighted by Crippen LogP contribution is 2.40. The molecule has 6 rings (SSSR count). The van der Waals surface area contributed by atoms with Crippen LogP contribution in [-0.2, 0) is 4.74 Å². The van der Waals surface area contributed by atoms with E-state index in [4.69, 9.17) is 33.6 Å². The van der Waals surface area contributed by atoms with Gasteiger partial charge in [-0.25, -0.2) is 20.8 Å². The fourth-order valence-corrected chi connectivity index (χ4v) is 5.89. The van der Waals surface area contributed by atoms with Gasteiger partial charge >= 0.3 is 0 Å². The van der Waals surface area contributed by atoms with Gasteiger partial charge in [0.05, 0.1) is 22.5 Å². The number of anilines is 3. The van der Waals surface area contributed by atoms with Gasteiger partial charge in [-0.15, -0.1) is 0 Å². The molecule has 1 aliphatic heterocycles. The summed E-state index contributed by atoms with van der Waals surface area (Å²) in [6.07, 6.45) is -7.23. The van der Waals surface area contributed by atoms with Gasteiger partial charge in [0, 0.05) is 28.4 Å². The molecule has 1 fully saturated rings. The average molecular weight is 655 g/mol. The second kappa shape index (κ2) is 11.8. The smallest absolute Gasteiger partial charge is 0.297 e. The number of benzene rings is 2. The Bertz CT molecular complexity index is 2040. The average Bonchev–Trinajstić information content (AvgIpc) is 3.52. The molecular weight excluding hydrogens is 628 g/mol. The monoisotopic (exact) mass is 654 g/mol. The number of fused-ring (bicyclic) bond motifs is 4. The minimum absolute atomic E-state index is 0.0733. The number of nitrogens with one attached hydrogen (secondary N) is 2. The summed E-state index contributed by atoms with van der Waals surface area (Å²) < 4.78 is 6.77. The minimum Gasteiger partial charge on any atom is -0.394 e. The van der Waals surface area contributed by atoms with E-state index in [1.54, 1.807) is 30.3 Å². The van der Waals surface area contributed by atoms with Gasteiger partial charge in [-0.3, -0.25) is 19.5 Å². The lowest BCUT2D eigenvalue weighted by Gasteiger charge is -2.21. The van der Waals surface area contributed by atoms with Crippen molar-refractivity contribution in [2.75, 3.05) is 29.6 Å². The first kappa shape index (κ1) is 31.0. The third kappa shape index (κ3) is 4.93. The first-order valence-electron chi connectivity index (χ1n) is 13.6. The number of aliphatic hydroxyl groups excluding tert-OH is 4. The summed E-state index contributed by atoms with van der Waals surface area (Å²) in [5.74, 6) is 4.23. The molecule has 5 aromatic rings. The van der Waals surface area contributed by atoms with Crippen molar-refractivity contribution in [1.82, 2.24) is 19.5 Å².